The van der Waals surface area contributed by atoms with Crippen molar-refractivity contribution in [3.8, 4) is 11.3 Å². The Hall–Kier alpha value is -3.78. The summed E-state index contributed by atoms with van der Waals surface area (Å²) in [7, 11) is 3.73. The molecule has 0 aliphatic rings. The molecule has 0 aliphatic carbocycles. The Morgan fingerprint density at radius 2 is 1.87 bits per heavy atom. The third-order valence-corrected chi connectivity index (χ3v) is 4.70. The average molecular weight is 434 g/mol. The number of hydrogen-bond acceptors (Lipinski definition) is 5. The molecule has 2 aromatic carbocycles. The van der Waals surface area contributed by atoms with Crippen molar-refractivity contribution in [2.24, 2.45) is 4.99 Å². The Morgan fingerprint density at radius 1 is 1.13 bits per heavy atom. The summed E-state index contributed by atoms with van der Waals surface area (Å²) in [5.74, 6) is 0.422. The number of rotatable bonds is 5. The van der Waals surface area contributed by atoms with E-state index in [4.69, 9.17) is 11.6 Å². The second-order valence-corrected chi connectivity index (χ2v) is 7.45. The summed E-state index contributed by atoms with van der Waals surface area (Å²) in [6.45, 7) is 0.369. The number of hydrogen-bond donors (Lipinski definition) is 1. The van der Waals surface area contributed by atoms with Gasteiger partial charge in [0.1, 0.15) is 12.0 Å². The number of aliphatic imine (C=N–C) groups is 1. The molecule has 0 saturated heterocycles. The van der Waals surface area contributed by atoms with Crippen LogP contribution in [0.5, 0.6) is 0 Å². The first-order valence-electron chi connectivity index (χ1n) is 9.55. The van der Waals surface area contributed by atoms with Crippen molar-refractivity contribution in [2.75, 3.05) is 14.1 Å². The highest BCUT2D eigenvalue weighted by molar-refractivity contribution is 6.30. The minimum Gasteiger partial charge on any atom is -0.369 e. The molecule has 0 radical (unpaired) electrons. The van der Waals surface area contributed by atoms with Crippen LogP contribution in [-0.4, -0.2) is 51.1 Å². The third-order valence-electron chi connectivity index (χ3n) is 4.45. The predicted octanol–water partition coefficient (Wildman–Crippen LogP) is 4.13. The molecule has 0 aliphatic heterocycles. The molecule has 4 aromatic rings. The van der Waals surface area contributed by atoms with Gasteiger partial charge >= 0.3 is 6.03 Å². The Labute approximate surface area is 184 Å². The van der Waals surface area contributed by atoms with E-state index in [1.807, 2.05) is 56.6 Å². The summed E-state index contributed by atoms with van der Waals surface area (Å²) in [5.41, 5.74) is 2.68. The maximum atomic E-state index is 13.0. The fourth-order valence-electron chi connectivity index (χ4n) is 3.00. The second kappa shape index (κ2) is 8.93. The van der Waals surface area contributed by atoms with Gasteiger partial charge in [-0.05, 0) is 17.7 Å². The lowest BCUT2D eigenvalue weighted by Crippen LogP contribution is -2.29. The summed E-state index contributed by atoms with van der Waals surface area (Å²) in [6, 6.07) is 16.5. The zero-order valence-corrected chi connectivity index (χ0v) is 17.8. The van der Waals surface area contributed by atoms with E-state index in [0.29, 0.717) is 34.1 Å². The van der Waals surface area contributed by atoms with E-state index in [-0.39, 0.29) is 0 Å². The van der Waals surface area contributed by atoms with Crippen LogP contribution in [0.4, 0.5) is 10.6 Å². The van der Waals surface area contributed by atoms with Crippen molar-refractivity contribution in [3.63, 3.8) is 0 Å². The van der Waals surface area contributed by atoms with Crippen LogP contribution in [-0.2, 0) is 6.54 Å². The molecule has 0 spiro atoms. The number of carbonyl (C=O) groups excluding carboxylic acids is 1. The monoisotopic (exact) mass is 433 g/mol. The molecule has 0 saturated carbocycles. The van der Waals surface area contributed by atoms with Gasteiger partial charge in [0.05, 0.1) is 11.7 Å². The fraction of sp³-hybridized carbons (Fsp3) is 0.136. The van der Waals surface area contributed by atoms with Crippen molar-refractivity contribution in [3.05, 3.63) is 71.5 Å². The molecule has 2 heterocycles. The standard InChI is InChI=1S/C22H20ClN7O/c1-29(2)14-27-20-18-19(16-8-10-17(23)11-9-16)28-30(21(18)26-13-25-20)22(31)24-12-15-6-4-3-5-7-15/h3-11,13-14H,12H2,1-2H3,(H,24,31)/b27-14+. The van der Waals surface area contributed by atoms with Gasteiger partial charge in [0, 0.05) is 31.2 Å². The summed E-state index contributed by atoms with van der Waals surface area (Å²) in [6.07, 6.45) is 3.01. The lowest BCUT2D eigenvalue weighted by molar-refractivity contribution is 0.240. The van der Waals surface area contributed by atoms with Gasteiger partial charge in [-0.25, -0.2) is 19.8 Å². The largest absolute Gasteiger partial charge is 0.369 e. The lowest BCUT2D eigenvalue weighted by atomic mass is 10.1. The number of fused-ring (bicyclic) bond motifs is 1. The number of nitrogens with zero attached hydrogens (tertiary/aromatic N) is 6. The maximum absolute atomic E-state index is 13.0. The Morgan fingerprint density at radius 3 is 2.58 bits per heavy atom. The number of amides is 1. The third kappa shape index (κ3) is 4.54. The molecule has 0 unspecified atom stereocenters. The molecule has 0 atom stereocenters. The Kier molecular flexibility index (Phi) is 5.90. The summed E-state index contributed by atoms with van der Waals surface area (Å²) >= 11 is 6.04. The van der Waals surface area contributed by atoms with Gasteiger partial charge in [-0.2, -0.15) is 9.78 Å². The normalized spacial score (nSPS) is 11.2. The van der Waals surface area contributed by atoms with Crippen LogP contribution < -0.4 is 5.32 Å². The summed E-state index contributed by atoms with van der Waals surface area (Å²) < 4.78 is 1.25. The minimum absolute atomic E-state index is 0.369. The van der Waals surface area contributed by atoms with Crippen LogP contribution in [0, 0.1) is 0 Å². The highest BCUT2D eigenvalue weighted by atomic mass is 35.5. The van der Waals surface area contributed by atoms with Crippen LogP contribution in [0.15, 0.2) is 65.9 Å². The number of nitrogens with one attached hydrogen (secondary N) is 1. The Bertz CT molecular complexity index is 1230. The molecular weight excluding hydrogens is 414 g/mol. The van der Waals surface area contributed by atoms with E-state index in [0.717, 1.165) is 11.1 Å². The van der Waals surface area contributed by atoms with E-state index in [1.165, 1.54) is 11.0 Å². The average Bonchev–Trinajstić information content (AvgIpc) is 3.18. The van der Waals surface area contributed by atoms with Gasteiger partial charge in [0.25, 0.3) is 0 Å². The van der Waals surface area contributed by atoms with Crippen molar-refractivity contribution in [1.82, 2.24) is 30.0 Å². The second-order valence-electron chi connectivity index (χ2n) is 7.02. The van der Waals surface area contributed by atoms with Gasteiger partial charge in [0.15, 0.2) is 11.5 Å². The minimum atomic E-state index is -0.393. The Balaban J connectivity index is 1.79. The van der Waals surface area contributed by atoms with Crippen LogP contribution in [0.2, 0.25) is 5.02 Å². The van der Waals surface area contributed by atoms with E-state index in [2.05, 4.69) is 25.4 Å². The van der Waals surface area contributed by atoms with Crippen molar-refractivity contribution >= 4 is 40.8 Å². The van der Waals surface area contributed by atoms with Gasteiger partial charge < -0.3 is 10.2 Å². The van der Waals surface area contributed by atoms with E-state index in [9.17, 15) is 4.79 Å². The molecule has 31 heavy (non-hydrogen) atoms. The maximum Gasteiger partial charge on any atom is 0.344 e. The smallest absolute Gasteiger partial charge is 0.344 e. The molecule has 4 rings (SSSR count). The van der Waals surface area contributed by atoms with Crippen molar-refractivity contribution in [2.45, 2.75) is 6.54 Å². The fourth-order valence-corrected chi connectivity index (χ4v) is 3.13. The molecule has 9 heteroatoms. The van der Waals surface area contributed by atoms with Crippen molar-refractivity contribution < 1.29 is 4.79 Å². The quantitative estimate of drug-likeness (QED) is 0.377. The van der Waals surface area contributed by atoms with Gasteiger partial charge in [-0.1, -0.05) is 54.1 Å². The molecule has 156 valence electrons. The van der Waals surface area contributed by atoms with E-state index in [1.54, 1.807) is 23.4 Å². The molecule has 0 fully saturated rings. The topological polar surface area (TPSA) is 88.3 Å². The van der Waals surface area contributed by atoms with E-state index >= 15 is 0 Å². The highest BCUT2D eigenvalue weighted by Gasteiger charge is 2.21. The van der Waals surface area contributed by atoms with Crippen LogP contribution in [0.25, 0.3) is 22.3 Å². The number of halogens is 1. The number of benzene rings is 2. The first-order valence-corrected chi connectivity index (χ1v) is 9.93. The van der Waals surface area contributed by atoms with Gasteiger partial charge in [-0.3, -0.25) is 0 Å². The summed E-state index contributed by atoms with van der Waals surface area (Å²) in [5, 5.41) is 8.63. The van der Waals surface area contributed by atoms with Crippen LogP contribution >= 0.6 is 11.6 Å². The molecule has 2 aromatic heterocycles. The van der Waals surface area contributed by atoms with Gasteiger partial charge in [-0.15, -0.1) is 0 Å². The van der Waals surface area contributed by atoms with Crippen LogP contribution in [0.3, 0.4) is 0 Å². The molecular formula is C22H20ClN7O. The lowest BCUT2D eigenvalue weighted by Gasteiger charge is -2.05. The molecule has 1 amide bonds. The number of aromatic nitrogens is 4. The number of carbonyl (C=O) groups is 1. The molecule has 1 N–H and O–H groups in total. The van der Waals surface area contributed by atoms with Gasteiger partial charge in [0.2, 0.25) is 0 Å². The zero-order chi connectivity index (χ0) is 21.8. The summed E-state index contributed by atoms with van der Waals surface area (Å²) in [4.78, 5) is 27.8. The zero-order valence-electron chi connectivity index (χ0n) is 17.0. The highest BCUT2D eigenvalue weighted by Crippen LogP contribution is 2.33. The van der Waals surface area contributed by atoms with Crippen molar-refractivity contribution in [1.29, 1.82) is 0 Å². The first kappa shape index (κ1) is 20.5. The molecule has 8 nitrogen and oxygen atoms in total. The SMILES string of the molecule is CN(C)/C=N/c1ncnc2c1c(-c1ccc(Cl)cc1)nn2C(=O)NCc1ccccc1. The first-order chi connectivity index (χ1) is 15.0. The van der Waals surface area contributed by atoms with Crippen LogP contribution in [0.1, 0.15) is 5.56 Å². The predicted molar refractivity (Wildman–Crippen MR) is 122 cm³/mol. The van der Waals surface area contributed by atoms with E-state index < -0.39 is 6.03 Å². The molecule has 0 bridgehead atoms.